The highest BCUT2D eigenvalue weighted by atomic mass is 35.5. The molecule has 1 unspecified atom stereocenters. The molecule has 2 heterocycles. The monoisotopic (exact) mass is 332 g/mol. The maximum atomic E-state index is 12.0. The summed E-state index contributed by atoms with van der Waals surface area (Å²) in [6.45, 7) is 3.90. The third kappa shape index (κ3) is 4.74. The molecule has 2 N–H and O–H groups in total. The fourth-order valence-corrected chi connectivity index (χ4v) is 2.65. The van der Waals surface area contributed by atoms with Gasteiger partial charge in [-0.05, 0) is 62.7 Å². The van der Waals surface area contributed by atoms with Crippen LogP contribution in [0.3, 0.4) is 0 Å². The molecule has 122 valence electrons. The normalized spacial score (nSPS) is 16.7. The van der Waals surface area contributed by atoms with Crippen molar-refractivity contribution in [1.82, 2.24) is 15.3 Å². The summed E-state index contributed by atoms with van der Waals surface area (Å²) in [4.78, 5) is 20.7. The fourth-order valence-electron chi connectivity index (χ4n) is 2.65. The van der Waals surface area contributed by atoms with Gasteiger partial charge in [-0.3, -0.25) is 4.79 Å². The van der Waals surface area contributed by atoms with E-state index >= 15 is 0 Å². The lowest BCUT2D eigenvalue weighted by atomic mass is 10.0. The number of aromatic nitrogens is 2. The maximum absolute atomic E-state index is 12.0. The second kappa shape index (κ2) is 8.04. The van der Waals surface area contributed by atoms with Crippen LogP contribution in [0.4, 0.5) is 5.69 Å². The van der Waals surface area contributed by atoms with Crippen molar-refractivity contribution in [2.45, 2.75) is 19.8 Å². The number of halogens is 1. The van der Waals surface area contributed by atoms with E-state index in [0.717, 1.165) is 36.5 Å². The fraction of sp³-hybridized carbons (Fsp3) is 0.353. The van der Waals surface area contributed by atoms with Crippen LogP contribution in [0.15, 0.2) is 36.5 Å². The zero-order valence-corrected chi connectivity index (χ0v) is 13.9. The Balaban J connectivity index is 0.00000192. The summed E-state index contributed by atoms with van der Waals surface area (Å²) in [5.74, 6) is 1.24. The quantitative estimate of drug-likeness (QED) is 0.903. The first-order chi connectivity index (χ1) is 10.7. The van der Waals surface area contributed by atoms with Crippen LogP contribution in [0.25, 0.3) is 11.4 Å². The highest BCUT2D eigenvalue weighted by Gasteiger charge is 2.17. The molecule has 1 saturated heterocycles. The minimum absolute atomic E-state index is 0. The van der Waals surface area contributed by atoms with Crippen molar-refractivity contribution in [2.24, 2.45) is 5.92 Å². The summed E-state index contributed by atoms with van der Waals surface area (Å²) in [5, 5.41) is 6.23. The number of rotatable bonds is 4. The zero-order valence-electron chi connectivity index (χ0n) is 13.1. The minimum Gasteiger partial charge on any atom is -0.326 e. The van der Waals surface area contributed by atoms with Gasteiger partial charge in [0.15, 0.2) is 5.82 Å². The topological polar surface area (TPSA) is 66.9 Å². The number of carbonyl (C=O) groups is 1. The summed E-state index contributed by atoms with van der Waals surface area (Å²) in [5.41, 5.74) is 2.70. The van der Waals surface area contributed by atoms with E-state index in [1.807, 2.05) is 37.3 Å². The van der Waals surface area contributed by atoms with Crippen LogP contribution in [0.1, 0.15) is 18.5 Å². The largest absolute Gasteiger partial charge is 0.326 e. The van der Waals surface area contributed by atoms with Gasteiger partial charge < -0.3 is 10.6 Å². The predicted molar refractivity (Wildman–Crippen MR) is 93.7 cm³/mol. The van der Waals surface area contributed by atoms with Crippen LogP contribution < -0.4 is 10.6 Å². The summed E-state index contributed by atoms with van der Waals surface area (Å²) in [7, 11) is 0. The summed E-state index contributed by atoms with van der Waals surface area (Å²) in [6, 6.07) is 9.52. The average Bonchev–Trinajstić information content (AvgIpc) is 3.01. The molecule has 1 amide bonds. The van der Waals surface area contributed by atoms with Crippen molar-refractivity contribution in [1.29, 1.82) is 0 Å². The molecule has 0 radical (unpaired) electrons. The summed E-state index contributed by atoms with van der Waals surface area (Å²) < 4.78 is 0. The molecule has 0 bridgehead atoms. The van der Waals surface area contributed by atoms with E-state index in [4.69, 9.17) is 0 Å². The second-order valence-electron chi connectivity index (χ2n) is 5.71. The van der Waals surface area contributed by atoms with E-state index < -0.39 is 0 Å². The molecule has 1 atom stereocenters. The lowest BCUT2D eigenvalue weighted by Gasteiger charge is -2.09. The number of amides is 1. The molecule has 0 spiro atoms. The number of anilines is 1. The Morgan fingerprint density at radius 2 is 2.09 bits per heavy atom. The number of hydrogen-bond donors (Lipinski definition) is 2. The van der Waals surface area contributed by atoms with E-state index in [1.165, 1.54) is 0 Å². The lowest BCUT2D eigenvalue weighted by Crippen LogP contribution is -2.18. The summed E-state index contributed by atoms with van der Waals surface area (Å²) >= 11 is 0. The molecule has 1 fully saturated rings. The van der Waals surface area contributed by atoms with Crippen molar-refractivity contribution in [2.75, 3.05) is 18.4 Å². The van der Waals surface area contributed by atoms with Gasteiger partial charge in [0.2, 0.25) is 5.91 Å². The third-order valence-electron chi connectivity index (χ3n) is 3.86. The smallest absolute Gasteiger partial charge is 0.224 e. The number of aryl methyl sites for hydroxylation is 1. The van der Waals surface area contributed by atoms with E-state index in [9.17, 15) is 4.79 Å². The molecule has 5 nitrogen and oxygen atoms in total. The van der Waals surface area contributed by atoms with Gasteiger partial charge in [-0.25, -0.2) is 9.97 Å². The molecule has 0 saturated carbocycles. The summed E-state index contributed by atoms with van der Waals surface area (Å²) in [6.07, 6.45) is 3.41. The molecule has 1 aliphatic heterocycles. The second-order valence-corrected chi connectivity index (χ2v) is 5.71. The van der Waals surface area contributed by atoms with Gasteiger partial charge in [0, 0.05) is 29.6 Å². The van der Waals surface area contributed by atoms with Crippen LogP contribution in [0.2, 0.25) is 0 Å². The molecule has 6 heteroatoms. The van der Waals surface area contributed by atoms with Crippen molar-refractivity contribution < 1.29 is 4.79 Å². The molecule has 2 aromatic rings. The highest BCUT2D eigenvalue weighted by Crippen LogP contribution is 2.19. The van der Waals surface area contributed by atoms with Crippen molar-refractivity contribution in [3.05, 3.63) is 42.2 Å². The van der Waals surface area contributed by atoms with Crippen molar-refractivity contribution >= 4 is 24.0 Å². The Morgan fingerprint density at radius 3 is 2.74 bits per heavy atom. The number of nitrogens with one attached hydrogen (secondary N) is 2. The Labute approximate surface area is 142 Å². The van der Waals surface area contributed by atoms with Crippen LogP contribution in [-0.2, 0) is 4.79 Å². The molecular weight excluding hydrogens is 312 g/mol. The van der Waals surface area contributed by atoms with Gasteiger partial charge in [0.1, 0.15) is 0 Å². The number of nitrogens with zero attached hydrogens (tertiary/aromatic N) is 2. The third-order valence-corrected chi connectivity index (χ3v) is 3.86. The SMILES string of the molecule is Cc1ccnc(-c2ccc(NC(=O)CC3CCNC3)cc2)n1.Cl. The van der Waals surface area contributed by atoms with Crippen LogP contribution in [-0.4, -0.2) is 29.0 Å². The Kier molecular flexibility index (Phi) is 6.07. The van der Waals surface area contributed by atoms with E-state index in [-0.39, 0.29) is 18.3 Å². The van der Waals surface area contributed by atoms with E-state index in [1.54, 1.807) is 6.20 Å². The van der Waals surface area contributed by atoms with E-state index in [2.05, 4.69) is 20.6 Å². The first-order valence-corrected chi connectivity index (χ1v) is 7.61. The standard InChI is InChI=1S/C17H20N4O.ClH/c1-12-6-9-19-17(20-12)14-2-4-15(5-3-14)21-16(22)10-13-7-8-18-11-13;/h2-6,9,13,18H,7-8,10-11H2,1H3,(H,21,22);1H. The number of hydrogen-bond acceptors (Lipinski definition) is 4. The van der Waals surface area contributed by atoms with Crippen molar-refractivity contribution in [3.8, 4) is 11.4 Å². The maximum Gasteiger partial charge on any atom is 0.224 e. The van der Waals surface area contributed by atoms with Crippen LogP contribution >= 0.6 is 12.4 Å². The van der Waals surface area contributed by atoms with E-state index in [0.29, 0.717) is 18.2 Å². The molecule has 1 aromatic carbocycles. The molecule has 1 aromatic heterocycles. The lowest BCUT2D eigenvalue weighted by molar-refractivity contribution is -0.116. The molecule has 23 heavy (non-hydrogen) atoms. The Bertz CT molecular complexity index is 654. The molecule has 3 rings (SSSR count). The average molecular weight is 333 g/mol. The van der Waals surface area contributed by atoms with Gasteiger partial charge >= 0.3 is 0 Å². The van der Waals surface area contributed by atoms with Gasteiger partial charge in [0.25, 0.3) is 0 Å². The molecule has 1 aliphatic rings. The van der Waals surface area contributed by atoms with Gasteiger partial charge in [0.05, 0.1) is 0 Å². The Morgan fingerprint density at radius 1 is 1.30 bits per heavy atom. The molecular formula is C17H21ClN4O. The molecule has 0 aliphatic carbocycles. The first-order valence-electron chi connectivity index (χ1n) is 7.61. The van der Waals surface area contributed by atoms with Gasteiger partial charge in [-0.1, -0.05) is 0 Å². The first kappa shape index (κ1) is 17.4. The van der Waals surface area contributed by atoms with Gasteiger partial charge in [-0.2, -0.15) is 0 Å². The van der Waals surface area contributed by atoms with Crippen LogP contribution in [0, 0.1) is 12.8 Å². The van der Waals surface area contributed by atoms with Crippen molar-refractivity contribution in [3.63, 3.8) is 0 Å². The van der Waals surface area contributed by atoms with Gasteiger partial charge in [-0.15, -0.1) is 12.4 Å². The predicted octanol–water partition coefficient (Wildman–Crippen LogP) is 2.81. The number of carbonyl (C=O) groups excluding carboxylic acids is 1. The minimum atomic E-state index is 0. The van der Waals surface area contributed by atoms with Crippen LogP contribution in [0.5, 0.6) is 0 Å². The Hall–Kier alpha value is -1.98. The number of benzene rings is 1. The zero-order chi connectivity index (χ0) is 15.4. The highest BCUT2D eigenvalue weighted by molar-refractivity contribution is 5.91.